The maximum atomic E-state index is 13.7. The van der Waals surface area contributed by atoms with Crippen LogP contribution in [-0.2, 0) is 14.8 Å². The molecule has 0 saturated carbocycles. The number of hydrazone groups is 1. The zero-order chi connectivity index (χ0) is 28.4. The van der Waals surface area contributed by atoms with Crippen LogP contribution in [0.5, 0.6) is 5.75 Å². The first kappa shape index (κ1) is 28.4. The Morgan fingerprint density at radius 1 is 1.10 bits per heavy atom. The van der Waals surface area contributed by atoms with Crippen molar-refractivity contribution in [3.8, 4) is 5.75 Å². The third kappa shape index (κ3) is 6.11. The van der Waals surface area contributed by atoms with Gasteiger partial charge in [0.25, 0.3) is 5.91 Å². The Morgan fingerprint density at radius 2 is 1.77 bits per heavy atom. The van der Waals surface area contributed by atoms with E-state index < -0.39 is 15.9 Å². The quantitative estimate of drug-likeness (QED) is 0.194. The number of aromatic nitrogens is 1. The van der Waals surface area contributed by atoms with E-state index in [1.807, 2.05) is 50.2 Å². The lowest BCUT2D eigenvalue weighted by Gasteiger charge is -2.34. The van der Waals surface area contributed by atoms with Gasteiger partial charge in [0.05, 0.1) is 40.6 Å². The summed E-state index contributed by atoms with van der Waals surface area (Å²) in [4.78, 5) is 18.5. The van der Waals surface area contributed by atoms with E-state index in [4.69, 9.17) is 9.47 Å². The molecule has 0 aliphatic carbocycles. The Hall–Kier alpha value is -3.16. The number of morpholine rings is 1. The van der Waals surface area contributed by atoms with Crippen molar-refractivity contribution in [1.82, 2.24) is 9.29 Å². The van der Waals surface area contributed by atoms with E-state index >= 15 is 0 Å². The molecule has 0 radical (unpaired) electrons. The largest absolute Gasteiger partial charge is 0.497 e. The number of ether oxygens (including phenoxy) is 2. The topological polar surface area (TPSA) is 101 Å². The molecule has 1 aliphatic rings. The fraction of sp³-hybridized carbons (Fsp3) is 0.250. The summed E-state index contributed by atoms with van der Waals surface area (Å²) < 4.78 is 40.7. The van der Waals surface area contributed by atoms with Gasteiger partial charge in [0.1, 0.15) is 5.75 Å². The summed E-state index contributed by atoms with van der Waals surface area (Å²) in [6.45, 7) is 4.24. The van der Waals surface area contributed by atoms with Crippen LogP contribution in [0.3, 0.4) is 0 Å². The second-order valence-electron chi connectivity index (χ2n) is 9.35. The van der Waals surface area contributed by atoms with E-state index in [9.17, 15) is 13.2 Å². The molecule has 4 aromatic rings. The summed E-state index contributed by atoms with van der Waals surface area (Å²) in [5.41, 5.74) is 1.76. The predicted molar refractivity (Wildman–Crippen MR) is 160 cm³/mol. The van der Waals surface area contributed by atoms with E-state index in [-0.39, 0.29) is 35.8 Å². The lowest BCUT2D eigenvalue weighted by Crippen LogP contribution is -2.48. The van der Waals surface area contributed by atoms with E-state index in [0.717, 1.165) is 14.7 Å². The Balaban J connectivity index is 1.47. The fourth-order valence-electron chi connectivity index (χ4n) is 4.34. The van der Waals surface area contributed by atoms with Gasteiger partial charge in [-0.25, -0.2) is 13.4 Å². The highest BCUT2D eigenvalue weighted by Crippen LogP contribution is 2.33. The number of nitrogens with zero attached hydrogens (tertiary/aromatic N) is 4. The van der Waals surface area contributed by atoms with Crippen LogP contribution in [0.15, 0.2) is 81.2 Å². The molecule has 9 nitrogen and oxygen atoms in total. The molecule has 1 aliphatic heterocycles. The summed E-state index contributed by atoms with van der Waals surface area (Å²) in [6.07, 6.45) is 1.17. The molecule has 0 bridgehead atoms. The Labute approximate surface area is 245 Å². The minimum atomic E-state index is -3.74. The summed E-state index contributed by atoms with van der Waals surface area (Å²) in [5, 5.41) is 6.09. The van der Waals surface area contributed by atoms with Crippen LogP contribution < -0.4 is 9.75 Å². The van der Waals surface area contributed by atoms with Gasteiger partial charge in [-0.15, -0.1) is 0 Å². The highest BCUT2D eigenvalue weighted by atomic mass is 79.9. The summed E-state index contributed by atoms with van der Waals surface area (Å²) >= 11 is 4.72. The highest BCUT2D eigenvalue weighted by Gasteiger charge is 2.32. The standard InChI is InChI=1S/C28H27BrN4O5S2/c1-18-16-32(17-19(2)38-18)40(35,36)24-11-6-21(7-12-24)27(34)33(30-15-20-4-8-22(29)9-5-20)28-31-25-13-10-23(37-3)14-26(25)39-28/h4-15,18-19H,16-17H2,1-3H3/b30-15+. The van der Waals surface area contributed by atoms with Gasteiger partial charge in [0, 0.05) is 23.1 Å². The number of carbonyl (C=O) groups is 1. The molecule has 40 heavy (non-hydrogen) atoms. The minimum Gasteiger partial charge on any atom is -0.497 e. The van der Waals surface area contributed by atoms with Crippen LogP contribution in [0, 0.1) is 0 Å². The first-order valence-corrected chi connectivity index (χ1v) is 15.5. The number of hydrogen-bond acceptors (Lipinski definition) is 8. The molecule has 1 saturated heterocycles. The Bertz CT molecular complexity index is 1650. The molecule has 1 fully saturated rings. The Kier molecular flexibility index (Phi) is 8.34. The molecule has 2 atom stereocenters. The third-order valence-corrected chi connectivity index (χ3v) is 9.64. The molecule has 1 amide bonds. The minimum absolute atomic E-state index is 0.113. The molecule has 2 unspecified atom stereocenters. The van der Waals surface area contributed by atoms with Gasteiger partial charge in [-0.3, -0.25) is 4.79 Å². The van der Waals surface area contributed by atoms with Crippen LogP contribution in [0.25, 0.3) is 10.2 Å². The van der Waals surface area contributed by atoms with Crippen LogP contribution in [0.2, 0.25) is 0 Å². The van der Waals surface area contributed by atoms with Crippen molar-refractivity contribution in [3.63, 3.8) is 0 Å². The lowest BCUT2D eigenvalue weighted by atomic mass is 10.2. The van der Waals surface area contributed by atoms with E-state index in [2.05, 4.69) is 26.0 Å². The number of methoxy groups -OCH3 is 1. The van der Waals surface area contributed by atoms with Crippen molar-refractivity contribution in [2.75, 3.05) is 25.2 Å². The number of anilines is 1. The van der Waals surface area contributed by atoms with Crippen molar-refractivity contribution >= 4 is 64.8 Å². The highest BCUT2D eigenvalue weighted by molar-refractivity contribution is 9.10. The number of amides is 1. The van der Waals surface area contributed by atoms with Crippen LogP contribution in [0.1, 0.15) is 29.8 Å². The van der Waals surface area contributed by atoms with E-state index in [1.165, 1.54) is 44.9 Å². The maximum absolute atomic E-state index is 13.7. The number of halogens is 1. The molecule has 0 spiro atoms. The van der Waals surface area contributed by atoms with Gasteiger partial charge in [0.15, 0.2) is 0 Å². The van der Waals surface area contributed by atoms with E-state index in [1.54, 1.807) is 19.4 Å². The molecule has 5 rings (SSSR count). The lowest BCUT2D eigenvalue weighted by molar-refractivity contribution is -0.0440. The van der Waals surface area contributed by atoms with Gasteiger partial charge in [-0.1, -0.05) is 39.4 Å². The normalized spacial score (nSPS) is 18.3. The van der Waals surface area contributed by atoms with Crippen LogP contribution in [-0.4, -0.2) is 62.2 Å². The average Bonchev–Trinajstić information content (AvgIpc) is 3.36. The number of thiazole rings is 1. The number of sulfonamides is 1. The maximum Gasteiger partial charge on any atom is 0.280 e. The monoisotopic (exact) mass is 642 g/mol. The van der Waals surface area contributed by atoms with Gasteiger partial charge < -0.3 is 9.47 Å². The average molecular weight is 644 g/mol. The molecule has 0 N–H and O–H groups in total. The zero-order valence-corrected chi connectivity index (χ0v) is 25.2. The van der Waals surface area contributed by atoms with Crippen molar-refractivity contribution in [1.29, 1.82) is 0 Å². The number of carbonyl (C=O) groups excluding carboxylic acids is 1. The molecule has 2 heterocycles. The predicted octanol–water partition coefficient (Wildman–Crippen LogP) is 5.55. The summed E-state index contributed by atoms with van der Waals surface area (Å²) in [6, 6.07) is 18.9. The summed E-state index contributed by atoms with van der Waals surface area (Å²) in [5.74, 6) is 0.233. The van der Waals surface area contributed by atoms with Crippen molar-refractivity contribution in [2.45, 2.75) is 31.0 Å². The number of fused-ring (bicyclic) bond motifs is 1. The molecule has 1 aromatic heterocycles. The van der Waals surface area contributed by atoms with Gasteiger partial charge in [-0.05, 0) is 74.0 Å². The first-order valence-electron chi connectivity index (χ1n) is 12.5. The van der Waals surface area contributed by atoms with Crippen molar-refractivity contribution in [3.05, 3.63) is 82.3 Å². The smallest absolute Gasteiger partial charge is 0.280 e. The van der Waals surface area contributed by atoms with Crippen LogP contribution >= 0.6 is 27.3 Å². The van der Waals surface area contributed by atoms with Gasteiger partial charge >= 0.3 is 0 Å². The van der Waals surface area contributed by atoms with Crippen molar-refractivity contribution < 1.29 is 22.7 Å². The molecular formula is C28H27BrN4O5S2. The second kappa shape index (κ2) is 11.8. The molecule has 12 heteroatoms. The van der Waals surface area contributed by atoms with Gasteiger partial charge in [-0.2, -0.15) is 14.4 Å². The van der Waals surface area contributed by atoms with Crippen LogP contribution in [0.4, 0.5) is 5.13 Å². The fourth-order valence-corrected chi connectivity index (χ4v) is 7.15. The number of rotatable bonds is 7. The third-order valence-electron chi connectivity index (χ3n) is 6.28. The SMILES string of the molecule is COc1ccc2nc(N(/N=C/c3ccc(Br)cc3)C(=O)c3ccc(S(=O)(=O)N4CC(C)OC(C)C4)cc3)sc2c1. The molecular weight excluding hydrogens is 616 g/mol. The number of hydrogen-bond donors (Lipinski definition) is 0. The summed E-state index contributed by atoms with van der Waals surface area (Å²) in [7, 11) is -2.15. The first-order chi connectivity index (χ1) is 19.1. The molecule has 208 valence electrons. The molecule has 3 aromatic carbocycles. The zero-order valence-electron chi connectivity index (χ0n) is 22.0. The Morgan fingerprint density at radius 3 is 2.42 bits per heavy atom. The van der Waals surface area contributed by atoms with Crippen molar-refractivity contribution in [2.24, 2.45) is 5.10 Å². The second-order valence-corrected chi connectivity index (χ2v) is 13.2. The van der Waals surface area contributed by atoms with E-state index in [0.29, 0.717) is 16.4 Å². The van der Waals surface area contributed by atoms with Gasteiger partial charge in [0.2, 0.25) is 15.2 Å². The number of benzene rings is 3.